The first kappa shape index (κ1) is 18.7. The third-order valence-corrected chi connectivity index (χ3v) is 6.15. The SMILES string of the molecule is CC(c1ccccc1)N1C(=O)c2ccccc2C1C(=O)NC1CCCCCC1. The fraction of sp³-hybridized carbons (Fsp3) is 0.417. The minimum Gasteiger partial charge on any atom is -0.351 e. The summed E-state index contributed by atoms with van der Waals surface area (Å²) in [6.45, 7) is 2.01. The quantitative estimate of drug-likeness (QED) is 0.781. The lowest BCUT2D eigenvalue weighted by Gasteiger charge is -2.32. The van der Waals surface area contributed by atoms with Crippen molar-refractivity contribution >= 4 is 11.8 Å². The summed E-state index contributed by atoms with van der Waals surface area (Å²) in [6.07, 6.45) is 6.87. The van der Waals surface area contributed by atoms with Crippen molar-refractivity contribution < 1.29 is 9.59 Å². The van der Waals surface area contributed by atoms with Gasteiger partial charge in [-0.3, -0.25) is 9.59 Å². The first-order valence-corrected chi connectivity index (χ1v) is 10.4. The summed E-state index contributed by atoms with van der Waals surface area (Å²) in [5, 5.41) is 3.27. The summed E-state index contributed by atoms with van der Waals surface area (Å²) in [5.41, 5.74) is 2.50. The van der Waals surface area contributed by atoms with Gasteiger partial charge in [0.05, 0.1) is 6.04 Å². The van der Waals surface area contributed by atoms with Gasteiger partial charge >= 0.3 is 0 Å². The minimum absolute atomic E-state index is 0.0482. The average Bonchev–Trinajstić information content (AvgIpc) is 2.86. The van der Waals surface area contributed by atoms with Crippen molar-refractivity contribution in [1.82, 2.24) is 10.2 Å². The Morgan fingerprint density at radius 1 is 0.964 bits per heavy atom. The summed E-state index contributed by atoms with van der Waals surface area (Å²) in [7, 11) is 0. The molecule has 146 valence electrons. The molecule has 4 heteroatoms. The molecule has 1 fully saturated rings. The van der Waals surface area contributed by atoms with Crippen molar-refractivity contribution in [2.24, 2.45) is 0 Å². The van der Waals surface area contributed by atoms with Crippen molar-refractivity contribution in [3.63, 3.8) is 0 Å². The molecule has 0 saturated heterocycles. The van der Waals surface area contributed by atoms with Crippen LogP contribution in [0.1, 0.15) is 79.0 Å². The van der Waals surface area contributed by atoms with Crippen LogP contribution in [0, 0.1) is 0 Å². The molecule has 0 radical (unpaired) electrons. The Balaban J connectivity index is 1.64. The lowest BCUT2D eigenvalue weighted by atomic mass is 10.0. The molecule has 2 atom stereocenters. The molecule has 1 N–H and O–H groups in total. The maximum absolute atomic E-state index is 13.4. The van der Waals surface area contributed by atoms with Gasteiger partial charge < -0.3 is 10.2 Å². The fourth-order valence-electron chi connectivity index (χ4n) is 4.60. The van der Waals surface area contributed by atoms with Crippen molar-refractivity contribution in [3.05, 3.63) is 71.3 Å². The number of carbonyl (C=O) groups is 2. The van der Waals surface area contributed by atoms with Gasteiger partial charge in [-0.1, -0.05) is 74.2 Å². The van der Waals surface area contributed by atoms with Gasteiger partial charge in [-0.2, -0.15) is 0 Å². The predicted molar refractivity (Wildman–Crippen MR) is 110 cm³/mol. The summed E-state index contributed by atoms with van der Waals surface area (Å²) in [6, 6.07) is 16.9. The molecular formula is C24H28N2O2. The molecule has 1 aliphatic carbocycles. The van der Waals surface area contributed by atoms with Crippen molar-refractivity contribution in [1.29, 1.82) is 0 Å². The highest BCUT2D eigenvalue weighted by Gasteiger charge is 2.43. The van der Waals surface area contributed by atoms with Gasteiger partial charge in [0.15, 0.2) is 0 Å². The Morgan fingerprint density at radius 2 is 1.61 bits per heavy atom. The molecule has 2 unspecified atom stereocenters. The van der Waals surface area contributed by atoms with E-state index in [2.05, 4.69) is 5.32 Å². The summed E-state index contributed by atoms with van der Waals surface area (Å²) in [4.78, 5) is 28.4. The van der Waals surface area contributed by atoms with Gasteiger partial charge in [0.2, 0.25) is 5.91 Å². The molecule has 0 bridgehead atoms. The molecule has 4 nitrogen and oxygen atoms in total. The number of rotatable bonds is 4. The van der Waals surface area contributed by atoms with E-state index >= 15 is 0 Å². The van der Waals surface area contributed by atoms with Crippen molar-refractivity contribution in [3.8, 4) is 0 Å². The summed E-state index contributed by atoms with van der Waals surface area (Å²) < 4.78 is 0. The molecule has 1 saturated carbocycles. The van der Waals surface area contributed by atoms with Crippen LogP contribution in [0.5, 0.6) is 0 Å². The zero-order valence-corrected chi connectivity index (χ0v) is 16.4. The smallest absolute Gasteiger partial charge is 0.255 e. The second-order valence-corrected chi connectivity index (χ2v) is 7.99. The van der Waals surface area contributed by atoms with Crippen LogP contribution in [-0.2, 0) is 4.79 Å². The topological polar surface area (TPSA) is 49.4 Å². The Labute approximate surface area is 166 Å². The van der Waals surface area contributed by atoms with E-state index in [1.54, 1.807) is 4.90 Å². The van der Waals surface area contributed by atoms with Gasteiger partial charge in [-0.05, 0) is 37.0 Å². The maximum atomic E-state index is 13.4. The fourth-order valence-corrected chi connectivity index (χ4v) is 4.60. The third-order valence-electron chi connectivity index (χ3n) is 6.15. The zero-order chi connectivity index (χ0) is 19.5. The molecule has 2 aromatic rings. The van der Waals surface area contributed by atoms with E-state index in [1.165, 1.54) is 12.8 Å². The van der Waals surface area contributed by atoms with Gasteiger partial charge in [0.25, 0.3) is 5.91 Å². The number of nitrogens with one attached hydrogen (secondary N) is 1. The standard InChI is InChI=1S/C24H28N2O2/c1-17(18-11-5-4-6-12-18)26-22(20-15-9-10-16-21(20)24(26)28)23(27)25-19-13-7-2-3-8-14-19/h4-6,9-12,15-17,19,22H,2-3,7-8,13-14H2,1H3,(H,25,27). The zero-order valence-electron chi connectivity index (χ0n) is 16.4. The molecule has 1 heterocycles. The molecule has 2 amide bonds. The molecule has 4 rings (SSSR count). The summed E-state index contributed by atoms with van der Waals surface area (Å²) >= 11 is 0. The van der Waals surface area contributed by atoms with Gasteiger partial charge in [-0.25, -0.2) is 0 Å². The number of amides is 2. The van der Waals surface area contributed by atoms with Gasteiger partial charge in [0, 0.05) is 11.6 Å². The minimum atomic E-state index is -0.567. The number of hydrogen-bond acceptors (Lipinski definition) is 2. The molecule has 28 heavy (non-hydrogen) atoms. The number of nitrogens with zero attached hydrogens (tertiary/aromatic N) is 1. The molecule has 0 spiro atoms. The largest absolute Gasteiger partial charge is 0.351 e. The Hall–Kier alpha value is -2.62. The lowest BCUT2D eigenvalue weighted by Crippen LogP contribution is -2.44. The van der Waals surface area contributed by atoms with Gasteiger partial charge in [0.1, 0.15) is 6.04 Å². The summed E-state index contributed by atoms with van der Waals surface area (Å²) in [5.74, 6) is -0.110. The Kier molecular flexibility index (Phi) is 5.47. The van der Waals surface area contributed by atoms with Crippen LogP contribution < -0.4 is 5.32 Å². The second-order valence-electron chi connectivity index (χ2n) is 7.99. The molecule has 0 aromatic heterocycles. The van der Waals surface area contributed by atoms with Crippen LogP contribution in [0.25, 0.3) is 0 Å². The first-order chi connectivity index (χ1) is 13.7. The Morgan fingerprint density at radius 3 is 2.32 bits per heavy atom. The highest BCUT2D eigenvalue weighted by Crippen LogP contribution is 2.40. The second kappa shape index (κ2) is 8.17. The number of fused-ring (bicyclic) bond motifs is 1. The van der Waals surface area contributed by atoms with Crippen LogP contribution in [-0.4, -0.2) is 22.8 Å². The van der Waals surface area contributed by atoms with Gasteiger partial charge in [-0.15, -0.1) is 0 Å². The monoisotopic (exact) mass is 376 g/mol. The third kappa shape index (κ3) is 3.56. The number of hydrogen-bond donors (Lipinski definition) is 1. The molecule has 2 aromatic carbocycles. The van der Waals surface area contributed by atoms with E-state index in [-0.39, 0.29) is 23.9 Å². The molecule has 2 aliphatic rings. The normalized spacial score (nSPS) is 21.1. The average molecular weight is 377 g/mol. The van der Waals surface area contributed by atoms with E-state index in [4.69, 9.17) is 0 Å². The molecule has 1 aliphatic heterocycles. The highest BCUT2D eigenvalue weighted by molar-refractivity contribution is 6.05. The Bertz CT molecular complexity index is 841. The van der Waals surface area contributed by atoms with Crippen molar-refractivity contribution in [2.75, 3.05) is 0 Å². The molecular weight excluding hydrogens is 348 g/mol. The van der Waals surface area contributed by atoms with Crippen molar-refractivity contribution in [2.45, 2.75) is 63.6 Å². The van der Waals surface area contributed by atoms with Crippen LogP contribution in [0.3, 0.4) is 0 Å². The van der Waals surface area contributed by atoms with Crippen LogP contribution in [0.4, 0.5) is 0 Å². The van der Waals surface area contributed by atoms with E-state index in [9.17, 15) is 9.59 Å². The van der Waals surface area contributed by atoms with E-state index in [0.717, 1.165) is 36.8 Å². The maximum Gasteiger partial charge on any atom is 0.255 e. The van der Waals surface area contributed by atoms with Crippen LogP contribution in [0.2, 0.25) is 0 Å². The number of carbonyl (C=O) groups excluding carboxylic acids is 2. The first-order valence-electron chi connectivity index (χ1n) is 10.4. The highest BCUT2D eigenvalue weighted by atomic mass is 16.2. The van der Waals surface area contributed by atoms with Crippen LogP contribution in [0.15, 0.2) is 54.6 Å². The lowest BCUT2D eigenvalue weighted by molar-refractivity contribution is -0.127. The number of benzene rings is 2. The van der Waals surface area contributed by atoms with E-state index in [1.807, 2.05) is 61.5 Å². The van der Waals surface area contributed by atoms with E-state index < -0.39 is 6.04 Å². The van der Waals surface area contributed by atoms with E-state index in [0.29, 0.717) is 5.56 Å². The predicted octanol–water partition coefficient (Wildman–Crippen LogP) is 4.78. The van der Waals surface area contributed by atoms with Crippen LogP contribution >= 0.6 is 0 Å².